The number of ether oxygens (including phenoxy) is 1. The van der Waals surface area contributed by atoms with E-state index in [-0.39, 0.29) is 24.3 Å². The zero-order valence-corrected chi connectivity index (χ0v) is 22.8. The van der Waals surface area contributed by atoms with Gasteiger partial charge in [-0.2, -0.15) is 5.10 Å². The average Bonchev–Trinajstić information content (AvgIpc) is 3.33. The number of hydrogen-bond donors (Lipinski definition) is 1. The molecule has 1 aliphatic carbocycles. The summed E-state index contributed by atoms with van der Waals surface area (Å²) in [5, 5.41) is 9.55. The molecule has 6 rings (SSSR count). The van der Waals surface area contributed by atoms with E-state index in [1.165, 1.54) is 11.1 Å². The molecule has 38 heavy (non-hydrogen) atoms. The molecule has 202 valence electrons. The third kappa shape index (κ3) is 4.41. The van der Waals surface area contributed by atoms with Crippen molar-refractivity contribution in [3.8, 4) is 0 Å². The maximum atomic E-state index is 14.5. The number of alkyl halides is 1. The van der Waals surface area contributed by atoms with E-state index in [0.717, 1.165) is 48.7 Å². The minimum atomic E-state index is -0.925. The third-order valence-corrected chi connectivity index (χ3v) is 9.40. The standard InChI is InChI=1S/C30H38FN5O2/c1-5-23-27(22-14-33-35(4)15-22)28(23)29(37)34-26-12-20-11-24(18(2)10-21(20)13-32-26)19-6-8-36(9-7-19)30(3)17-38-16-25(30)31/h10-15,19,23,25,27-28H,5-9,16-17H2,1-4H3,(H,32,34,37)/t23-,25-,27+,28+,30+/m1/s1. The number of pyridine rings is 1. The number of anilines is 1. The van der Waals surface area contributed by atoms with E-state index in [1.807, 2.05) is 38.6 Å². The van der Waals surface area contributed by atoms with Gasteiger partial charge in [0.15, 0.2) is 0 Å². The number of amides is 1. The van der Waals surface area contributed by atoms with Crippen molar-refractivity contribution in [3.63, 3.8) is 0 Å². The van der Waals surface area contributed by atoms with Crippen LogP contribution in [0.4, 0.5) is 10.2 Å². The van der Waals surface area contributed by atoms with Crippen LogP contribution in [0.15, 0.2) is 36.8 Å². The Labute approximate surface area is 223 Å². The topological polar surface area (TPSA) is 72.3 Å². The van der Waals surface area contributed by atoms with Gasteiger partial charge < -0.3 is 10.1 Å². The van der Waals surface area contributed by atoms with Crippen LogP contribution in [-0.4, -0.2) is 63.6 Å². The van der Waals surface area contributed by atoms with Crippen molar-refractivity contribution in [3.05, 3.63) is 53.5 Å². The molecule has 0 spiro atoms. The molecule has 3 aliphatic rings. The van der Waals surface area contributed by atoms with Crippen molar-refractivity contribution in [1.29, 1.82) is 0 Å². The molecule has 5 atom stereocenters. The van der Waals surface area contributed by atoms with Gasteiger partial charge in [0.25, 0.3) is 0 Å². The van der Waals surface area contributed by atoms with E-state index < -0.39 is 11.7 Å². The molecule has 8 heteroatoms. The minimum absolute atomic E-state index is 0.0350. The zero-order chi connectivity index (χ0) is 26.6. The molecule has 1 N–H and O–H groups in total. The quantitative estimate of drug-likeness (QED) is 0.498. The molecule has 3 aromatic rings. The van der Waals surface area contributed by atoms with Gasteiger partial charge in [-0.15, -0.1) is 0 Å². The smallest absolute Gasteiger partial charge is 0.229 e. The van der Waals surface area contributed by atoms with E-state index in [1.54, 1.807) is 4.68 Å². The summed E-state index contributed by atoms with van der Waals surface area (Å²) in [5.41, 5.74) is 3.23. The van der Waals surface area contributed by atoms with Crippen LogP contribution >= 0.6 is 0 Å². The molecule has 0 bridgehead atoms. The van der Waals surface area contributed by atoms with Gasteiger partial charge in [0.2, 0.25) is 5.91 Å². The van der Waals surface area contributed by atoms with E-state index in [2.05, 4.69) is 46.3 Å². The Morgan fingerprint density at radius 3 is 2.66 bits per heavy atom. The lowest BCUT2D eigenvalue weighted by molar-refractivity contribution is -0.117. The van der Waals surface area contributed by atoms with Gasteiger partial charge in [0.05, 0.1) is 24.9 Å². The first-order valence-electron chi connectivity index (χ1n) is 13.9. The van der Waals surface area contributed by atoms with E-state index in [4.69, 9.17) is 4.74 Å². The number of carbonyl (C=O) groups is 1. The lowest BCUT2D eigenvalue weighted by Crippen LogP contribution is -2.55. The molecule has 2 aliphatic heterocycles. The first kappa shape index (κ1) is 25.4. The van der Waals surface area contributed by atoms with Gasteiger partial charge >= 0.3 is 0 Å². The molecule has 2 saturated heterocycles. The van der Waals surface area contributed by atoms with Crippen LogP contribution < -0.4 is 5.32 Å². The number of aryl methyl sites for hydroxylation is 2. The van der Waals surface area contributed by atoms with Crippen molar-refractivity contribution < 1.29 is 13.9 Å². The number of rotatable bonds is 6. The van der Waals surface area contributed by atoms with Crippen molar-refractivity contribution in [2.75, 3.05) is 31.6 Å². The molecular formula is C30H38FN5O2. The second kappa shape index (κ2) is 9.72. The van der Waals surface area contributed by atoms with Crippen LogP contribution in [0.25, 0.3) is 10.8 Å². The second-order valence-electron chi connectivity index (χ2n) is 11.8. The Bertz CT molecular complexity index is 1350. The molecule has 0 radical (unpaired) electrons. The number of nitrogens with one attached hydrogen (secondary N) is 1. The Morgan fingerprint density at radius 1 is 1.21 bits per heavy atom. The molecule has 1 aromatic carbocycles. The third-order valence-electron chi connectivity index (χ3n) is 9.40. The van der Waals surface area contributed by atoms with Crippen molar-refractivity contribution >= 4 is 22.5 Å². The molecular weight excluding hydrogens is 481 g/mol. The molecule has 1 amide bonds. The lowest BCUT2D eigenvalue weighted by atomic mass is 9.83. The fourth-order valence-corrected chi connectivity index (χ4v) is 6.98. The van der Waals surface area contributed by atoms with Crippen LogP contribution in [0, 0.1) is 18.8 Å². The predicted molar refractivity (Wildman–Crippen MR) is 146 cm³/mol. The normalized spacial score (nSPS) is 30.1. The predicted octanol–water partition coefficient (Wildman–Crippen LogP) is 4.96. The van der Waals surface area contributed by atoms with Gasteiger partial charge in [-0.05, 0) is 85.8 Å². The van der Waals surface area contributed by atoms with E-state index in [0.29, 0.717) is 24.3 Å². The number of halogens is 1. The number of hydrogen-bond acceptors (Lipinski definition) is 5. The summed E-state index contributed by atoms with van der Waals surface area (Å²) in [5.74, 6) is 1.58. The zero-order valence-electron chi connectivity index (χ0n) is 22.8. The number of aromatic nitrogens is 3. The Balaban J connectivity index is 1.16. The van der Waals surface area contributed by atoms with Gasteiger partial charge in [-0.1, -0.05) is 19.4 Å². The highest BCUT2D eigenvalue weighted by atomic mass is 19.1. The highest BCUT2D eigenvalue weighted by Gasteiger charge is 2.54. The number of likely N-dealkylation sites (tertiary alicyclic amines) is 1. The number of nitrogens with zero attached hydrogens (tertiary/aromatic N) is 4. The average molecular weight is 520 g/mol. The minimum Gasteiger partial charge on any atom is -0.376 e. The summed E-state index contributed by atoms with van der Waals surface area (Å²) in [6, 6.07) is 6.47. The lowest BCUT2D eigenvalue weighted by Gasteiger charge is -2.43. The van der Waals surface area contributed by atoms with Crippen molar-refractivity contribution in [2.24, 2.45) is 18.9 Å². The monoisotopic (exact) mass is 519 g/mol. The molecule has 1 saturated carbocycles. The summed E-state index contributed by atoms with van der Waals surface area (Å²) >= 11 is 0. The first-order valence-corrected chi connectivity index (χ1v) is 13.9. The van der Waals surface area contributed by atoms with Crippen LogP contribution in [0.3, 0.4) is 0 Å². The summed E-state index contributed by atoms with van der Waals surface area (Å²) < 4.78 is 21.8. The number of fused-ring (bicyclic) bond motifs is 1. The largest absolute Gasteiger partial charge is 0.376 e. The van der Waals surface area contributed by atoms with E-state index in [9.17, 15) is 9.18 Å². The highest BCUT2D eigenvalue weighted by Crippen LogP contribution is 2.56. The fraction of sp³-hybridized carbons (Fsp3) is 0.567. The fourth-order valence-electron chi connectivity index (χ4n) is 6.98. The van der Waals surface area contributed by atoms with Crippen LogP contribution in [0.5, 0.6) is 0 Å². The number of carbonyl (C=O) groups excluding carboxylic acids is 1. The van der Waals surface area contributed by atoms with Crippen LogP contribution in [0.2, 0.25) is 0 Å². The van der Waals surface area contributed by atoms with Crippen molar-refractivity contribution in [2.45, 2.75) is 63.6 Å². The maximum absolute atomic E-state index is 14.5. The number of piperidine rings is 1. The molecule has 7 nitrogen and oxygen atoms in total. The van der Waals surface area contributed by atoms with Crippen LogP contribution in [0.1, 0.15) is 61.6 Å². The number of benzene rings is 1. The molecule has 0 unspecified atom stereocenters. The summed E-state index contributed by atoms with van der Waals surface area (Å²) in [6.07, 6.45) is 7.78. The molecule has 3 fully saturated rings. The van der Waals surface area contributed by atoms with Gasteiger partial charge in [0.1, 0.15) is 12.0 Å². The summed E-state index contributed by atoms with van der Waals surface area (Å²) in [4.78, 5) is 20.1. The van der Waals surface area contributed by atoms with Gasteiger partial charge in [-0.3, -0.25) is 14.4 Å². The van der Waals surface area contributed by atoms with E-state index >= 15 is 0 Å². The summed E-state index contributed by atoms with van der Waals surface area (Å²) in [6.45, 7) is 8.73. The SMILES string of the molecule is CC[C@H]1[C@H](C(=O)Nc2cc3cc(C4CCN([C@@]5(C)COC[C@H]5F)CC4)c(C)cc3cn2)[C@H]1c1cnn(C)c1. The maximum Gasteiger partial charge on any atom is 0.229 e. The Hall–Kier alpha value is -2.84. The first-order chi connectivity index (χ1) is 18.3. The molecule has 4 heterocycles. The summed E-state index contributed by atoms with van der Waals surface area (Å²) in [7, 11) is 1.91. The van der Waals surface area contributed by atoms with Crippen molar-refractivity contribution in [1.82, 2.24) is 19.7 Å². The Kier molecular flexibility index (Phi) is 6.51. The molecule has 2 aromatic heterocycles. The highest BCUT2D eigenvalue weighted by molar-refractivity contribution is 5.97. The van der Waals surface area contributed by atoms with Gasteiger partial charge in [0, 0.05) is 36.7 Å². The second-order valence-corrected chi connectivity index (χ2v) is 11.8. The van der Waals surface area contributed by atoms with Gasteiger partial charge in [-0.25, -0.2) is 9.37 Å². The van der Waals surface area contributed by atoms with Crippen LogP contribution in [-0.2, 0) is 16.6 Å². The Morgan fingerprint density at radius 2 is 2.00 bits per heavy atom.